The summed E-state index contributed by atoms with van der Waals surface area (Å²) in [7, 11) is 1.72. The van der Waals surface area contributed by atoms with Crippen molar-refractivity contribution in [1.29, 1.82) is 0 Å². The molecular formula is C16H26N2O. The van der Waals surface area contributed by atoms with Crippen molar-refractivity contribution < 1.29 is 4.74 Å². The Morgan fingerprint density at radius 2 is 1.95 bits per heavy atom. The van der Waals surface area contributed by atoms with Gasteiger partial charge in [-0.2, -0.15) is 0 Å². The average molecular weight is 262 g/mol. The van der Waals surface area contributed by atoms with E-state index in [1.54, 1.807) is 7.11 Å². The zero-order valence-electron chi connectivity index (χ0n) is 12.6. The lowest BCUT2D eigenvalue weighted by Gasteiger charge is -2.35. The van der Waals surface area contributed by atoms with Crippen LogP contribution in [0.25, 0.3) is 0 Å². The summed E-state index contributed by atoms with van der Waals surface area (Å²) in [4.78, 5) is 2.55. The van der Waals surface area contributed by atoms with Gasteiger partial charge in [0, 0.05) is 30.9 Å². The summed E-state index contributed by atoms with van der Waals surface area (Å²) in [6.45, 7) is 9.04. The number of hydrogen-bond donors (Lipinski definition) is 1. The molecule has 1 aliphatic rings. The third-order valence-electron chi connectivity index (χ3n) is 4.03. The summed E-state index contributed by atoms with van der Waals surface area (Å²) >= 11 is 0. The largest absolute Gasteiger partial charge is 0.496 e. The van der Waals surface area contributed by atoms with Crippen LogP contribution in [0.5, 0.6) is 5.75 Å². The second-order valence-corrected chi connectivity index (χ2v) is 5.73. The van der Waals surface area contributed by atoms with Gasteiger partial charge in [-0.25, -0.2) is 0 Å². The van der Waals surface area contributed by atoms with Crippen LogP contribution in [0.1, 0.15) is 32.3 Å². The summed E-state index contributed by atoms with van der Waals surface area (Å²) in [5, 5.41) is 3.65. The summed E-state index contributed by atoms with van der Waals surface area (Å²) in [5.41, 5.74) is 2.40. The molecule has 0 aliphatic carbocycles. The molecule has 1 saturated heterocycles. The van der Waals surface area contributed by atoms with Crippen LogP contribution >= 0.6 is 0 Å². The molecule has 0 bridgehead atoms. The Morgan fingerprint density at radius 1 is 1.26 bits per heavy atom. The summed E-state index contributed by atoms with van der Waals surface area (Å²) in [6, 6.07) is 7.60. The number of nitrogens with zero attached hydrogens (tertiary/aromatic N) is 1. The normalized spacial score (nSPS) is 17.7. The topological polar surface area (TPSA) is 24.5 Å². The van der Waals surface area contributed by atoms with Crippen LogP contribution in [0.3, 0.4) is 0 Å². The molecule has 1 N–H and O–H groups in total. The lowest BCUT2D eigenvalue weighted by Crippen LogP contribution is -2.42. The Hall–Kier alpha value is -1.22. The molecule has 0 atom stereocenters. The molecule has 0 spiro atoms. The first-order chi connectivity index (χ1) is 9.10. The summed E-state index contributed by atoms with van der Waals surface area (Å²) in [5.74, 6) is 0.958. The van der Waals surface area contributed by atoms with Crippen LogP contribution < -0.4 is 10.1 Å². The molecule has 19 heavy (non-hydrogen) atoms. The van der Waals surface area contributed by atoms with Crippen molar-refractivity contribution in [2.75, 3.05) is 25.5 Å². The predicted octanol–water partition coefficient (Wildman–Crippen LogP) is 3.29. The number of anilines is 1. The van der Waals surface area contributed by atoms with E-state index in [4.69, 9.17) is 4.74 Å². The van der Waals surface area contributed by atoms with Gasteiger partial charge in [-0.1, -0.05) is 0 Å². The first-order valence-corrected chi connectivity index (χ1v) is 7.25. The molecule has 3 heteroatoms. The van der Waals surface area contributed by atoms with Gasteiger partial charge < -0.3 is 15.0 Å². The number of benzene rings is 1. The van der Waals surface area contributed by atoms with Crippen LogP contribution in [-0.4, -0.2) is 37.2 Å². The zero-order valence-corrected chi connectivity index (χ0v) is 12.6. The molecule has 0 radical (unpaired) electrons. The van der Waals surface area contributed by atoms with E-state index in [1.807, 2.05) is 6.07 Å². The summed E-state index contributed by atoms with van der Waals surface area (Å²) in [6.07, 6.45) is 2.45. The standard InChI is InChI=1S/C16H26N2O/c1-12(2)18-9-7-14(8-10-18)17-15-5-6-16(19-4)13(3)11-15/h5-6,11-12,14,17H,7-10H2,1-4H3. The van der Waals surface area contributed by atoms with Gasteiger partial charge in [0.05, 0.1) is 7.11 Å². The monoisotopic (exact) mass is 262 g/mol. The molecule has 3 nitrogen and oxygen atoms in total. The number of piperidine rings is 1. The molecule has 0 unspecified atom stereocenters. The lowest BCUT2D eigenvalue weighted by atomic mass is 10.0. The molecule has 1 fully saturated rings. The highest BCUT2D eigenvalue weighted by Crippen LogP contribution is 2.23. The van der Waals surface area contributed by atoms with Crippen LogP contribution in [0, 0.1) is 6.92 Å². The van der Waals surface area contributed by atoms with Crippen molar-refractivity contribution in [3.05, 3.63) is 23.8 Å². The van der Waals surface area contributed by atoms with E-state index in [0.29, 0.717) is 12.1 Å². The number of ether oxygens (including phenoxy) is 1. The number of methoxy groups -OCH3 is 1. The zero-order chi connectivity index (χ0) is 13.8. The van der Waals surface area contributed by atoms with Crippen molar-refractivity contribution in [3.63, 3.8) is 0 Å². The van der Waals surface area contributed by atoms with E-state index in [1.165, 1.54) is 37.2 Å². The smallest absolute Gasteiger partial charge is 0.121 e. The number of nitrogens with one attached hydrogen (secondary N) is 1. The highest BCUT2D eigenvalue weighted by Gasteiger charge is 2.20. The Balaban J connectivity index is 1.90. The summed E-state index contributed by atoms with van der Waals surface area (Å²) < 4.78 is 5.30. The molecule has 106 valence electrons. The number of hydrogen-bond acceptors (Lipinski definition) is 3. The first-order valence-electron chi connectivity index (χ1n) is 7.25. The average Bonchev–Trinajstić information content (AvgIpc) is 2.39. The second kappa shape index (κ2) is 6.29. The first kappa shape index (κ1) is 14.2. The van der Waals surface area contributed by atoms with Crippen molar-refractivity contribution in [1.82, 2.24) is 4.90 Å². The van der Waals surface area contributed by atoms with Crippen molar-refractivity contribution in [3.8, 4) is 5.75 Å². The Labute approximate surface area is 116 Å². The van der Waals surface area contributed by atoms with E-state index in [2.05, 4.69) is 43.1 Å². The number of aryl methyl sites for hydroxylation is 1. The molecule has 2 rings (SSSR count). The Bertz CT molecular complexity index is 409. The lowest BCUT2D eigenvalue weighted by molar-refractivity contribution is 0.177. The Kier molecular flexibility index (Phi) is 4.70. The van der Waals surface area contributed by atoms with Crippen molar-refractivity contribution >= 4 is 5.69 Å². The maximum atomic E-state index is 5.30. The predicted molar refractivity (Wildman–Crippen MR) is 81.1 cm³/mol. The molecule has 0 amide bonds. The van der Waals surface area contributed by atoms with Crippen molar-refractivity contribution in [2.24, 2.45) is 0 Å². The molecule has 1 aliphatic heterocycles. The third-order valence-corrected chi connectivity index (χ3v) is 4.03. The SMILES string of the molecule is COc1ccc(NC2CCN(C(C)C)CC2)cc1C. The van der Waals surface area contributed by atoms with Gasteiger partial charge in [0.2, 0.25) is 0 Å². The van der Waals surface area contributed by atoms with Crippen molar-refractivity contribution in [2.45, 2.75) is 45.7 Å². The highest BCUT2D eigenvalue weighted by molar-refractivity contribution is 5.51. The molecule has 1 heterocycles. The van der Waals surface area contributed by atoms with Gasteiger partial charge in [0.25, 0.3) is 0 Å². The fourth-order valence-corrected chi connectivity index (χ4v) is 2.76. The fourth-order valence-electron chi connectivity index (χ4n) is 2.76. The Morgan fingerprint density at radius 3 is 2.47 bits per heavy atom. The van der Waals surface area contributed by atoms with Crippen LogP contribution in [0.2, 0.25) is 0 Å². The van der Waals surface area contributed by atoms with Gasteiger partial charge >= 0.3 is 0 Å². The van der Waals surface area contributed by atoms with Gasteiger partial charge in [0.1, 0.15) is 5.75 Å². The number of rotatable bonds is 4. The van der Waals surface area contributed by atoms with E-state index in [-0.39, 0.29) is 0 Å². The molecule has 1 aromatic rings. The van der Waals surface area contributed by atoms with Crippen LogP contribution in [0.4, 0.5) is 5.69 Å². The van der Waals surface area contributed by atoms with Crippen LogP contribution in [-0.2, 0) is 0 Å². The number of likely N-dealkylation sites (tertiary alicyclic amines) is 1. The third kappa shape index (κ3) is 3.63. The molecule has 0 aromatic heterocycles. The molecule has 1 aromatic carbocycles. The van der Waals surface area contributed by atoms with E-state index < -0.39 is 0 Å². The molecule has 0 saturated carbocycles. The minimum Gasteiger partial charge on any atom is -0.496 e. The maximum absolute atomic E-state index is 5.30. The van der Waals surface area contributed by atoms with E-state index in [9.17, 15) is 0 Å². The quantitative estimate of drug-likeness (QED) is 0.901. The van der Waals surface area contributed by atoms with Gasteiger partial charge in [0.15, 0.2) is 0 Å². The van der Waals surface area contributed by atoms with E-state index >= 15 is 0 Å². The van der Waals surface area contributed by atoms with Gasteiger partial charge in [-0.05, 0) is 57.4 Å². The maximum Gasteiger partial charge on any atom is 0.121 e. The highest BCUT2D eigenvalue weighted by atomic mass is 16.5. The van der Waals surface area contributed by atoms with Crippen LogP contribution in [0.15, 0.2) is 18.2 Å². The minimum absolute atomic E-state index is 0.600. The van der Waals surface area contributed by atoms with Gasteiger partial charge in [-0.3, -0.25) is 0 Å². The minimum atomic E-state index is 0.600. The second-order valence-electron chi connectivity index (χ2n) is 5.73. The van der Waals surface area contributed by atoms with E-state index in [0.717, 1.165) is 5.75 Å². The fraction of sp³-hybridized carbons (Fsp3) is 0.625. The molecular weight excluding hydrogens is 236 g/mol. The van der Waals surface area contributed by atoms with Gasteiger partial charge in [-0.15, -0.1) is 0 Å².